The predicted octanol–water partition coefficient (Wildman–Crippen LogP) is 3.32. The molecule has 1 aromatic carbocycles. The summed E-state index contributed by atoms with van der Waals surface area (Å²) in [5.41, 5.74) is -1.22. The molecule has 1 fully saturated rings. The number of carbonyl (C=O) groups excluding carboxylic acids is 2. The summed E-state index contributed by atoms with van der Waals surface area (Å²) in [5.74, 6) is -2.61. The zero-order valence-corrected chi connectivity index (χ0v) is 19.6. The van der Waals surface area contributed by atoms with Crippen LogP contribution in [-0.2, 0) is 19.5 Å². The maximum absolute atomic E-state index is 14.0. The van der Waals surface area contributed by atoms with E-state index in [-0.39, 0.29) is 48.4 Å². The van der Waals surface area contributed by atoms with Gasteiger partial charge in [-0.2, -0.15) is 0 Å². The molecule has 3 aromatic rings. The van der Waals surface area contributed by atoms with Gasteiger partial charge in [0.15, 0.2) is 17.2 Å². The molecule has 2 aromatic heterocycles. The first-order valence-electron chi connectivity index (χ1n) is 11.8. The van der Waals surface area contributed by atoms with Crippen LogP contribution in [0.3, 0.4) is 0 Å². The van der Waals surface area contributed by atoms with Gasteiger partial charge in [0.1, 0.15) is 23.6 Å². The number of halogens is 2. The lowest BCUT2D eigenvalue weighted by atomic mass is 10.00. The summed E-state index contributed by atoms with van der Waals surface area (Å²) >= 11 is 0. The van der Waals surface area contributed by atoms with Crippen molar-refractivity contribution in [3.05, 3.63) is 87.2 Å². The number of carbonyl (C=O) groups is 2. The number of benzene rings is 1. The lowest BCUT2D eigenvalue weighted by molar-refractivity contribution is -0.0386. The van der Waals surface area contributed by atoms with Gasteiger partial charge in [0.2, 0.25) is 5.43 Å². The Balaban J connectivity index is 1.44. The van der Waals surface area contributed by atoms with Crippen molar-refractivity contribution in [2.45, 2.75) is 51.5 Å². The summed E-state index contributed by atoms with van der Waals surface area (Å²) in [6.07, 6.45) is 2.97. The Morgan fingerprint density at radius 3 is 2.75 bits per heavy atom. The van der Waals surface area contributed by atoms with Crippen LogP contribution in [0.2, 0.25) is 0 Å². The summed E-state index contributed by atoms with van der Waals surface area (Å²) in [7, 11) is 0. The van der Waals surface area contributed by atoms with Crippen LogP contribution >= 0.6 is 0 Å². The first kappa shape index (κ1) is 23.9. The molecule has 0 radical (unpaired) electrons. The summed E-state index contributed by atoms with van der Waals surface area (Å²) < 4.78 is 34.1. The van der Waals surface area contributed by atoms with Crippen LogP contribution in [-0.4, -0.2) is 49.9 Å². The number of furan rings is 1. The van der Waals surface area contributed by atoms with E-state index in [9.17, 15) is 28.3 Å². The molecule has 2 aliphatic heterocycles. The van der Waals surface area contributed by atoms with Crippen molar-refractivity contribution in [2.24, 2.45) is 0 Å². The third kappa shape index (κ3) is 4.21. The first-order valence-corrected chi connectivity index (χ1v) is 11.8. The van der Waals surface area contributed by atoms with Crippen LogP contribution in [0.15, 0.2) is 52.0 Å². The van der Waals surface area contributed by atoms with Gasteiger partial charge in [-0.1, -0.05) is 6.07 Å². The van der Waals surface area contributed by atoms with E-state index in [0.717, 1.165) is 17.9 Å². The molecule has 2 atom stereocenters. The minimum absolute atomic E-state index is 0.0450. The summed E-state index contributed by atoms with van der Waals surface area (Å²) in [5, 5.41) is 10.7. The molecular weight excluding hydrogens is 472 g/mol. The number of hydrogen-bond donors (Lipinski definition) is 1. The highest BCUT2D eigenvalue weighted by molar-refractivity contribution is 6.00. The van der Waals surface area contributed by atoms with Gasteiger partial charge < -0.3 is 19.0 Å². The monoisotopic (exact) mass is 497 g/mol. The Morgan fingerprint density at radius 1 is 1.22 bits per heavy atom. The van der Waals surface area contributed by atoms with Crippen LogP contribution < -0.4 is 5.43 Å². The third-order valence-corrected chi connectivity index (χ3v) is 6.98. The van der Waals surface area contributed by atoms with Crippen LogP contribution in [0, 0.1) is 11.6 Å². The maximum Gasteiger partial charge on any atom is 0.276 e. The van der Waals surface area contributed by atoms with E-state index >= 15 is 0 Å². The number of aromatic nitrogens is 1. The van der Waals surface area contributed by atoms with Gasteiger partial charge in [-0.05, 0) is 43.5 Å². The number of amides is 1. The zero-order valence-electron chi connectivity index (χ0n) is 19.6. The number of rotatable bonds is 6. The number of nitrogens with zero attached hydrogens (tertiary/aromatic N) is 3. The van der Waals surface area contributed by atoms with E-state index in [1.807, 2.05) is 13.0 Å². The van der Waals surface area contributed by atoms with E-state index in [1.165, 1.54) is 16.8 Å². The largest absolute Gasteiger partial charge is 0.503 e. The molecule has 2 aliphatic rings. The number of pyridine rings is 1. The average Bonchev–Trinajstić information content (AvgIpc) is 3.35. The second-order valence-electron chi connectivity index (χ2n) is 9.26. The molecule has 36 heavy (non-hydrogen) atoms. The Morgan fingerprint density at radius 2 is 2.03 bits per heavy atom. The third-order valence-electron chi connectivity index (χ3n) is 6.98. The van der Waals surface area contributed by atoms with Crippen LogP contribution in [0.4, 0.5) is 8.78 Å². The molecule has 8 nitrogen and oxygen atoms in total. The van der Waals surface area contributed by atoms with E-state index < -0.39 is 34.5 Å². The standard InChI is InChI=1S/C26H25F2N3O5/c1-15-8-9-29(12-18-3-2-10-36-18)22-14-30-13-19(24(33)25(34)23(30)26(35)31(15)22)21(32)7-5-16-4-6-17(27)11-20(16)28/h2-4,6,10-11,13,15,22,34H,5,7-9,12,14H2,1H3/t15-,22-/m0/s1. The van der Waals surface area contributed by atoms with E-state index in [4.69, 9.17) is 4.42 Å². The summed E-state index contributed by atoms with van der Waals surface area (Å²) in [6, 6.07) is 6.62. The molecule has 0 aliphatic carbocycles. The van der Waals surface area contributed by atoms with Crippen LogP contribution in [0.1, 0.15) is 51.9 Å². The molecule has 1 saturated heterocycles. The Hall–Kier alpha value is -3.79. The van der Waals surface area contributed by atoms with Crippen molar-refractivity contribution in [1.29, 1.82) is 0 Å². The van der Waals surface area contributed by atoms with Gasteiger partial charge in [-0.15, -0.1) is 0 Å². The average molecular weight is 497 g/mol. The van der Waals surface area contributed by atoms with Crippen molar-refractivity contribution in [3.8, 4) is 5.75 Å². The summed E-state index contributed by atoms with van der Waals surface area (Å²) in [6.45, 7) is 3.36. The molecule has 5 rings (SSSR count). The van der Waals surface area contributed by atoms with E-state index in [1.54, 1.807) is 17.2 Å². The number of fused-ring (bicyclic) bond motifs is 2. The highest BCUT2D eigenvalue weighted by atomic mass is 19.1. The number of ketones is 1. The van der Waals surface area contributed by atoms with Crippen molar-refractivity contribution in [1.82, 2.24) is 14.4 Å². The molecule has 10 heteroatoms. The molecule has 188 valence electrons. The minimum atomic E-state index is -0.935. The van der Waals surface area contributed by atoms with Gasteiger partial charge in [0.25, 0.3) is 5.91 Å². The van der Waals surface area contributed by atoms with Gasteiger partial charge in [-0.25, -0.2) is 8.78 Å². The quantitative estimate of drug-likeness (QED) is 0.525. The highest BCUT2D eigenvalue weighted by Crippen LogP contribution is 2.32. The fourth-order valence-electron chi connectivity index (χ4n) is 5.06. The summed E-state index contributed by atoms with van der Waals surface area (Å²) in [4.78, 5) is 43.0. The fourth-order valence-corrected chi connectivity index (χ4v) is 5.06. The van der Waals surface area contributed by atoms with Gasteiger partial charge in [0, 0.05) is 31.3 Å². The number of aromatic hydroxyl groups is 1. The van der Waals surface area contributed by atoms with Crippen LogP contribution in [0.5, 0.6) is 5.75 Å². The zero-order chi connectivity index (χ0) is 25.6. The second-order valence-corrected chi connectivity index (χ2v) is 9.26. The Kier molecular flexibility index (Phi) is 6.21. The fraction of sp³-hybridized carbons (Fsp3) is 0.346. The SMILES string of the molecule is C[C@H]1CCN(Cc2ccco2)[C@@H]2Cn3cc(C(=O)CCc4ccc(F)cc4F)c(=O)c(O)c3C(=O)N12. The second kappa shape index (κ2) is 9.34. The molecule has 0 spiro atoms. The number of hydrogen-bond acceptors (Lipinski definition) is 6. The Labute approximate surface area is 205 Å². The lowest BCUT2D eigenvalue weighted by Gasteiger charge is -2.50. The lowest BCUT2D eigenvalue weighted by Crippen LogP contribution is -2.63. The Bertz CT molecular complexity index is 1380. The van der Waals surface area contributed by atoms with E-state index in [2.05, 4.69) is 4.90 Å². The van der Waals surface area contributed by atoms with Crippen molar-refractivity contribution in [2.75, 3.05) is 6.54 Å². The van der Waals surface area contributed by atoms with Crippen molar-refractivity contribution >= 4 is 11.7 Å². The predicted molar refractivity (Wildman–Crippen MR) is 125 cm³/mol. The maximum atomic E-state index is 14.0. The van der Waals surface area contributed by atoms with Crippen molar-refractivity contribution in [3.63, 3.8) is 0 Å². The first-order chi connectivity index (χ1) is 17.2. The molecule has 1 amide bonds. The molecule has 4 heterocycles. The van der Waals surface area contributed by atoms with Gasteiger partial charge in [-0.3, -0.25) is 19.3 Å². The highest BCUT2D eigenvalue weighted by Gasteiger charge is 2.43. The van der Waals surface area contributed by atoms with E-state index in [0.29, 0.717) is 19.5 Å². The smallest absolute Gasteiger partial charge is 0.276 e. The normalized spacial score (nSPS) is 19.8. The minimum Gasteiger partial charge on any atom is -0.503 e. The van der Waals surface area contributed by atoms with Crippen molar-refractivity contribution < 1.29 is 27.9 Å². The topological polar surface area (TPSA) is 96.0 Å². The number of aryl methyl sites for hydroxylation is 1. The van der Waals surface area contributed by atoms with Gasteiger partial charge >= 0.3 is 0 Å². The molecule has 1 N–H and O–H groups in total. The molecule has 0 saturated carbocycles. The molecule has 0 unspecified atom stereocenters. The molecule has 0 bridgehead atoms. The number of Topliss-reactive ketones (excluding diaryl/α,β-unsaturated/α-hetero) is 1. The van der Waals surface area contributed by atoms with Gasteiger partial charge in [0.05, 0.1) is 24.9 Å². The van der Waals surface area contributed by atoms with Crippen LogP contribution in [0.25, 0.3) is 0 Å². The molecular formula is C26H25F2N3O5.